The molecule has 3 heterocycles. The molecule has 224 valence electrons. The highest BCUT2D eigenvalue weighted by Crippen LogP contribution is 2.29. The molecule has 0 unspecified atom stereocenters. The topological polar surface area (TPSA) is 103 Å². The highest BCUT2D eigenvalue weighted by molar-refractivity contribution is 7.03. The number of carbonyl (C=O) groups is 1. The van der Waals surface area contributed by atoms with Gasteiger partial charge in [0.05, 0.1) is 53.3 Å². The fourth-order valence-electron chi connectivity index (χ4n) is 4.83. The van der Waals surface area contributed by atoms with E-state index in [1.807, 2.05) is 22.1 Å². The van der Waals surface area contributed by atoms with E-state index in [0.29, 0.717) is 29.0 Å². The molecule has 0 bridgehead atoms. The van der Waals surface area contributed by atoms with Crippen molar-refractivity contribution in [2.24, 2.45) is 0 Å². The fourth-order valence-corrected chi connectivity index (χ4v) is 5.36. The van der Waals surface area contributed by atoms with Crippen molar-refractivity contribution < 1.29 is 27.4 Å². The van der Waals surface area contributed by atoms with Crippen molar-refractivity contribution in [1.29, 1.82) is 5.26 Å². The van der Waals surface area contributed by atoms with Gasteiger partial charge in [0.25, 0.3) is 0 Å². The van der Waals surface area contributed by atoms with Gasteiger partial charge < -0.3 is 14.0 Å². The number of esters is 1. The van der Waals surface area contributed by atoms with E-state index in [2.05, 4.69) is 14.3 Å². The second-order valence-corrected chi connectivity index (χ2v) is 10.6. The van der Waals surface area contributed by atoms with E-state index in [1.165, 1.54) is 42.9 Å². The predicted octanol–water partition coefficient (Wildman–Crippen LogP) is 6.85. The third kappa shape index (κ3) is 6.25. The lowest BCUT2D eigenvalue weighted by Crippen LogP contribution is -2.08. The normalized spacial score (nSPS) is 11.0. The van der Waals surface area contributed by atoms with Crippen LogP contribution in [0.5, 0.6) is 5.88 Å². The molecule has 0 atom stereocenters. The molecule has 0 saturated carbocycles. The highest BCUT2D eigenvalue weighted by atomic mass is 32.1. The zero-order valence-electron chi connectivity index (χ0n) is 23.6. The number of fused-ring (bicyclic) bond motifs is 1. The Bertz CT molecular complexity index is 2090. The Morgan fingerprint density at radius 2 is 1.80 bits per heavy atom. The van der Waals surface area contributed by atoms with E-state index < -0.39 is 23.4 Å². The Morgan fingerprint density at radius 3 is 2.56 bits per heavy atom. The van der Waals surface area contributed by atoms with Crippen molar-refractivity contribution in [1.82, 2.24) is 18.9 Å². The molecule has 0 aliphatic carbocycles. The van der Waals surface area contributed by atoms with E-state index >= 15 is 8.78 Å². The monoisotopic (exact) mass is 625 g/mol. The Labute approximate surface area is 259 Å². The average molecular weight is 626 g/mol. The van der Waals surface area contributed by atoms with Crippen molar-refractivity contribution in [2.45, 2.75) is 19.6 Å². The SMILES string of the molecule is COC(=O)c1ccc2nc(Cc3cc(F)c(-c4cccc(OCc5ccc(C#N)cc5F)n4)cc3F)n(Cc3ccsn3)c2c1. The van der Waals surface area contributed by atoms with Crippen LogP contribution in [0.25, 0.3) is 22.3 Å². The number of methoxy groups -OCH3 is 1. The third-order valence-corrected chi connectivity index (χ3v) is 7.70. The molecule has 45 heavy (non-hydrogen) atoms. The molecule has 0 aliphatic heterocycles. The largest absolute Gasteiger partial charge is 0.473 e. The van der Waals surface area contributed by atoms with Crippen molar-refractivity contribution in [3.63, 3.8) is 0 Å². The molecule has 0 amide bonds. The maximum Gasteiger partial charge on any atom is 0.337 e. The fraction of sp³-hybridized carbons (Fsp3) is 0.121. The molecule has 12 heteroatoms. The molecule has 0 fully saturated rings. The summed E-state index contributed by atoms with van der Waals surface area (Å²) in [7, 11) is 1.29. The first-order valence-corrected chi connectivity index (χ1v) is 14.4. The van der Waals surface area contributed by atoms with E-state index in [1.54, 1.807) is 24.3 Å². The molecular weight excluding hydrogens is 603 g/mol. The Balaban J connectivity index is 1.28. The Hall–Kier alpha value is -5.54. The third-order valence-electron chi connectivity index (χ3n) is 7.10. The molecule has 8 nitrogen and oxygen atoms in total. The highest BCUT2D eigenvalue weighted by Gasteiger charge is 2.19. The number of carbonyl (C=O) groups excluding carboxylic acids is 1. The maximum atomic E-state index is 15.6. The summed E-state index contributed by atoms with van der Waals surface area (Å²) in [6.07, 6.45) is -0.0395. The summed E-state index contributed by atoms with van der Waals surface area (Å²) in [5, 5.41) is 10.8. The van der Waals surface area contributed by atoms with Crippen LogP contribution in [0.4, 0.5) is 13.2 Å². The summed E-state index contributed by atoms with van der Waals surface area (Å²) in [4.78, 5) is 21.1. The minimum absolute atomic E-state index is 0.0395. The number of halogens is 3. The molecule has 3 aromatic carbocycles. The zero-order valence-corrected chi connectivity index (χ0v) is 24.4. The number of pyridine rings is 1. The van der Waals surface area contributed by atoms with Crippen LogP contribution in [-0.2, 0) is 24.3 Å². The Morgan fingerprint density at radius 1 is 0.956 bits per heavy atom. The minimum Gasteiger partial charge on any atom is -0.473 e. The van der Waals surface area contributed by atoms with Gasteiger partial charge in [-0.25, -0.2) is 27.9 Å². The number of aromatic nitrogens is 4. The lowest BCUT2D eigenvalue weighted by molar-refractivity contribution is 0.0601. The van der Waals surface area contributed by atoms with Gasteiger partial charge in [-0.3, -0.25) is 0 Å². The van der Waals surface area contributed by atoms with Crippen LogP contribution >= 0.6 is 11.5 Å². The van der Waals surface area contributed by atoms with Gasteiger partial charge in [-0.2, -0.15) is 9.64 Å². The molecule has 0 N–H and O–H groups in total. The molecular formula is C33H22F3N5O3S. The number of nitriles is 1. The molecule has 0 saturated heterocycles. The Kier molecular flexibility index (Phi) is 8.26. The standard InChI is InChI=1S/C33H22F3N5O3S/c1-43-33(42)20-7-8-29-30(13-20)41(17-23-9-10-45-40-23)31(38-29)14-22-12-27(36)24(15-26(22)35)28-3-2-4-32(39-28)44-18-21-6-5-19(16-37)11-25(21)34/h2-13,15H,14,17-18H2,1H3. The second-order valence-electron chi connectivity index (χ2n) is 9.97. The van der Waals surface area contributed by atoms with E-state index in [-0.39, 0.29) is 46.9 Å². The van der Waals surface area contributed by atoms with Crippen LogP contribution in [0, 0.1) is 28.8 Å². The van der Waals surface area contributed by atoms with E-state index in [4.69, 9.17) is 14.7 Å². The molecule has 6 rings (SSSR count). The van der Waals surface area contributed by atoms with Crippen LogP contribution in [-0.4, -0.2) is 32.0 Å². The first-order chi connectivity index (χ1) is 21.8. The first kappa shape index (κ1) is 29.5. The van der Waals surface area contributed by atoms with Gasteiger partial charge in [-0.05, 0) is 71.7 Å². The van der Waals surface area contributed by atoms with Crippen LogP contribution < -0.4 is 4.74 Å². The van der Waals surface area contributed by atoms with E-state index in [0.717, 1.165) is 23.9 Å². The van der Waals surface area contributed by atoms with Crippen molar-refractivity contribution in [2.75, 3.05) is 7.11 Å². The van der Waals surface area contributed by atoms with Crippen molar-refractivity contribution in [3.8, 4) is 23.2 Å². The number of rotatable bonds is 9. The molecule has 3 aromatic heterocycles. The van der Waals surface area contributed by atoms with Gasteiger partial charge in [0, 0.05) is 29.0 Å². The van der Waals surface area contributed by atoms with E-state index in [9.17, 15) is 9.18 Å². The molecule has 0 spiro atoms. The summed E-state index contributed by atoms with van der Waals surface area (Å²) < 4.78 is 62.0. The summed E-state index contributed by atoms with van der Waals surface area (Å²) >= 11 is 1.29. The van der Waals surface area contributed by atoms with Crippen LogP contribution in [0.1, 0.15) is 38.6 Å². The number of ether oxygens (including phenoxy) is 2. The van der Waals surface area contributed by atoms with Gasteiger partial charge >= 0.3 is 5.97 Å². The maximum absolute atomic E-state index is 15.6. The summed E-state index contributed by atoms with van der Waals surface area (Å²) in [5.74, 6) is -1.94. The van der Waals surface area contributed by atoms with Gasteiger partial charge in [0.2, 0.25) is 5.88 Å². The summed E-state index contributed by atoms with van der Waals surface area (Å²) in [6, 6.07) is 19.4. The number of nitrogens with zero attached hydrogens (tertiary/aromatic N) is 5. The zero-order chi connectivity index (χ0) is 31.5. The molecule has 6 aromatic rings. The number of imidazole rings is 1. The van der Waals surface area contributed by atoms with Crippen molar-refractivity contribution >= 4 is 28.5 Å². The first-order valence-electron chi connectivity index (χ1n) is 13.6. The summed E-state index contributed by atoms with van der Waals surface area (Å²) in [5.41, 5.74) is 2.80. The molecule has 0 aliphatic rings. The minimum atomic E-state index is -0.704. The summed E-state index contributed by atoms with van der Waals surface area (Å²) in [6.45, 7) is 0.137. The lowest BCUT2D eigenvalue weighted by Gasteiger charge is -2.12. The van der Waals surface area contributed by atoms with Crippen LogP contribution in [0.2, 0.25) is 0 Å². The predicted molar refractivity (Wildman–Crippen MR) is 160 cm³/mol. The average Bonchev–Trinajstić information content (AvgIpc) is 3.69. The lowest BCUT2D eigenvalue weighted by atomic mass is 10.0. The number of benzene rings is 3. The smallest absolute Gasteiger partial charge is 0.337 e. The quantitative estimate of drug-likeness (QED) is 0.162. The molecule has 0 radical (unpaired) electrons. The van der Waals surface area contributed by atoms with Gasteiger partial charge in [-0.15, -0.1) is 0 Å². The van der Waals surface area contributed by atoms with Crippen LogP contribution in [0.15, 0.2) is 78.2 Å². The van der Waals surface area contributed by atoms with Gasteiger partial charge in [0.1, 0.15) is 29.9 Å². The van der Waals surface area contributed by atoms with Gasteiger partial charge in [-0.1, -0.05) is 12.1 Å². The number of hydrogen-bond donors (Lipinski definition) is 0. The van der Waals surface area contributed by atoms with Gasteiger partial charge in [0.15, 0.2) is 0 Å². The van der Waals surface area contributed by atoms with Crippen molar-refractivity contribution in [3.05, 3.63) is 129 Å². The number of hydrogen-bond acceptors (Lipinski definition) is 8. The second kappa shape index (κ2) is 12.6. The van der Waals surface area contributed by atoms with Crippen LogP contribution in [0.3, 0.4) is 0 Å².